The summed E-state index contributed by atoms with van der Waals surface area (Å²) in [7, 11) is 3.50. The summed E-state index contributed by atoms with van der Waals surface area (Å²) < 4.78 is 11.6. The van der Waals surface area contributed by atoms with Crippen LogP contribution in [-0.2, 0) is 20.8 Å². The van der Waals surface area contributed by atoms with E-state index in [1.807, 2.05) is 6.20 Å². The van der Waals surface area contributed by atoms with Gasteiger partial charge in [-0.1, -0.05) is 12.1 Å². The molecule has 6 nitrogen and oxygen atoms in total. The Kier molecular flexibility index (Phi) is 5.48. The summed E-state index contributed by atoms with van der Waals surface area (Å²) in [6.45, 7) is 4.66. The van der Waals surface area contributed by atoms with Crippen molar-refractivity contribution >= 4 is 16.8 Å². The van der Waals surface area contributed by atoms with Crippen LogP contribution in [0.3, 0.4) is 0 Å². The van der Waals surface area contributed by atoms with E-state index in [1.54, 1.807) is 19.0 Å². The number of rotatable bonds is 7. The monoisotopic (exact) mass is 371 g/mol. The molecule has 2 fully saturated rings. The first-order valence-corrected chi connectivity index (χ1v) is 9.78. The average Bonchev–Trinajstić information content (AvgIpc) is 3.35. The summed E-state index contributed by atoms with van der Waals surface area (Å²) in [5, 5.41) is 1.31. The van der Waals surface area contributed by atoms with E-state index in [9.17, 15) is 4.79 Å². The minimum atomic E-state index is 0.0153. The van der Waals surface area contributed by atoms with E-state index in [1.165, 1.54) is 16.5 Å². The number of carbonyl (C=O) groups excluding carboxylic acids is 1. The molecule has 0 aliphatic carbocycles. The van der Waals surface area contributed by atoms with Crippen LogP contribution in [-0.4, -0.2) is 73.8 Å². The minimum Gasteiger partial charge on any atom is -0.376 e. The van der Waals surface area contributed by atoms with Crippen molar-refractivity contribution in [2.75, 3.05) is 47.0 Å². The molecule has 1 amide bonds. The fourth-order valence-corrected chi connectivity index (χ4v) is 4.36. The van der Waals surface area contributed by atoms with Crippen LogP contribution in [0.15, 0.2) is 30.5 Å². The number of amides is 1. The number of fused-ring (bicyclic) bond motifs is 2. The van der Waals surface area contributed by atoms with Gasteiger partial charge in [-0.15, -0.1) is 0 Å². The molecule has 3 atom stereocenters. The third-order valence-corrected chi connectivity index (χ3v) is 5.95. The third kappa shape index (κ3) is 4.03. The first-order chi connectivity index (χ1) is 13.1. The van der Waals surface area contributed by atoms with Gasteiger partial charge in [-0.25, -0.2) is 0 Å². The second-order valence-corrected chi connectivity index (χ2v) is 7.98. The first kappa shape index (κ1) is 18.5. The van der Waals surface area contributed by atoms with Crippen molar-refractivity contribution in [1.82, 2.24) is 14.8 Å². The Hall–Kier alpha value is -1.89. The molecule has 146 valence electrons. The van der Waals surface area contributed by atoms with Crippen LogP contribution >= 0.6 is 0 Å². The molecule has 2 saturated heterocycles. The number of aromatic nitrogens is 1. The quantitative estimate of drug-likeness (QED) is 0.758. The molecule has 4 rings (SSSR count). The van der Waals surface area contributed by atoms with Gasteiger partial charge in [0.05, 0.1) is 12.7 Å². The van der Waals surface area contributed by atoms with E-state index in [4.69, 9.17) is 9.47 Å². The van der Waals surface area contributed by atoms with Crippen LogP contribution in [0.25, 0.3) is 10.9 Å². The number of hydrogen-bond donors (Lipinski definition) is 1. The van der Waals surface area contributed by atoms with Gasteiger partial charge < -0.3 is 19.4 Å². The van der Waals surface area contributed by atoms with Crippen molar-refractivity contribution in [2.24, 2.45) is 11.8 Å². The maximum absolute atomic E-state index is 11.6. The standard InChI is InChI=1S/C21H29N3O3/c1-23(2)21(25)14-26-9-7-16-13-27-20-12-24(11-18(16)20)10-15-4-3-5-19-17(15)6-8-22-19/h3-6,8,16,18,20,22H,7,9-14H2,1-2H3/t16-,18-,20-/m1/s1. The predicted molar refractivity (Wildman–Crippen MR) is 104 cm³/mol. The summed E-state index contributed by atoms with van der Waals surface area (Å²) in [4.78, 5) is 18.9. The molecular formula is C21H29N3O3. The highest BCUT2D eigenvalue weighted by molar-refractivity contribution is 5.82. The number of aromatic amines is 1. The Morgan fingerprint density at radius 1 is 1.33 bits per heavy atom. The largest absolute Gasteiger partial charge is 0.376 e. The Morgan fingerprint density at radius 3 is 3.07 bits per heavy atom. The third-order valence-electron chi connectivity index (χ3n) is 5.95. The lowest BCUT2D eigenvalue weighted by molar-refractivity contribution is -0.133. The molecule has 0 unspecified atom stereocenters. The molecule has 1 aromatic heterocycles. The zero-order valence-corrected chi connectivity index (χ0v) is 16.2. The van der Waals surface area contributed by atoms with Crippen LogP contribution in [0.2, 0.25) is 0 Å². The Bertz CT molecular complexity index is 788. The zero-order chi connectivity index (χ0) is 18.8. The molecule has 0 radical (unpaired) electrons. The summed E-state index contributed by atoms with van der Waals surface area (Å²) >= 11 is 0. The predicted octanol–water partition coefficient (Wildman–Crippen LogP) is 2.11. The second kappa shape index (κ2) is 8.00. The van der Waals surface area contributed by atoms with Gasteiger partial charge in [0.1, 0.15) is 6.61 Å². The van der Waals surface area contributed by atoms with Crippen LogP contribution in [0, 0.1) is 11.8 Å². The molecule has 2 aliphatic heterocycles. The van der Waals surface area contributed by atoms with E-state index in [0.29, 0.717) is 24.5 Å². The van der Waals surface area contributed by atoms with Crippen molar-refractivity contribution in [2.45, 2.75) is 19.1 Å². The van der Waals surface area contributed by atoms with Crippen LogP contribution in [0.5, 0.6) is 0 Å². The maximum atomic E-state index is 11.6. The van der Waals surface area contributed by atoms with Gasteiger partial charge >= 0.3 is 0 Å². The van der Waals surface area contributed by atoms with Crippen molar-refractivity contribution in [3.63, 3.8) is 0 Å². The van der Waals surface area contributed by atoms with Gasteiger partial charge in [-0.2, -0.15) is 0 Å². The van der Waals surface area contributed by atoms with Gasteiger partial charge in [0.15, 0.2) is 0 Å². The molecule has 3 heterocycles. The van der Waals surface area contributed by atoms with Crippen molar-refractivity contribution in [3.8, 4) is 0 Å². The van der Waals surface area contributed by atoms with E-state index < -0.39 is 0 Å². The summed E-state index contributed by atoms with van der Waals surface area (Å²) in [6.07, 6.45) is 3.31. The zero-order valence-electron chi connectivity index (χ0n) is 16.2. The van der Waals surface area contributed by atoms with Gasteiger partial charge in [-0.05, 0) is 30.0 Å². The number of ether oxygens (including phenoxy) is 2. The smallest absolute Gasteiger partial charge is 0.248 e. The normalized spacial score (nSPS) is 25.2. The summed E-state index contributed by atoms with van der Waals surface area (Å²) in [6, 6.07) is 8.62. The molecule has 2 aliphatic rings. The highest BCUT2D eigenvalue weighted by Gasteiger charge is 2.43. The summed E-state index contributed by atoms with van der Waals surface area (Å²) in [5.74, 6) is 1.11. The number of H-pyrrole nitrogens is 1. The maximum Gasteiger partial charge on any atom is 0.248 e. The Morgan fingerprint density at radius 2 is 2.22 bits per heavy atom. The molecule has 2 aromatic rings. The van der Waals surface area contributed by atoms with Crippen LogP contribution in [0.1, 0.15) is 12.0 Å². The van der Waals surface area contributed by atoms with E-state index in [0.717, 1.165) is 32.7 Å². The fourth-order valence-electron chi connectivity index (χ4n) is 4.36. The Labute approximate surface area is 160 Å². The Balaban J connectivity index is 1.28. The number of hydrogen-bond acceptors (Lipinski definition) is 4. The van der Waals surface area contributed by atoms with Crippen molar-refractivity contribution in [1.29, 1.82) is 0 Å². The van der Waals surface area contributed by atoms with E-state index in [2.05, 4.69) is 34.1 Å². The van der Waals surface area contributed by atoms with Crippen LogP contribution < -0.4 is 0 Å². The fraction of sp³-hybridized carbons (Fsp3) is 0.571. The number of nitrogens with one attached hydrogen (secondary N) is 1. The van der Waals surface area contributed by atoms with Gasteiger partial charge in [0.25, 0.3) is 0 Å². The molecule has 1 N–H and O–H groups in total. The highest BCUT2D eigenvalue weighted by Crippen LogP contribution is 2.36. The molecular weight excluding hydrogens is 342 g/mol. The molecule has 27 heavy (non-hydrogen) atoms. The molecule has 0 saturated carbocycles. The lowest BCUT2D eigenvalue weighted by Gasteiger charge is -2.20. The number of likely N-dealkylation sites (N-methyl/N-ethyl adjacent to an activating group) is 1. The lowest BCUT2D eigenvalue weighted by atomic mass is 9.91. The topological polar surface area (TPSA) is 57.8 Å². The SMILES string of the molecule is CN(C)C(=O)COCC[C@@H]1CO[C@@H]2CN(Cc3cccc4[nH]ccc34)C[C@H]12. The van der Waals surface area contributed by atoms with Crippen molar-refractivity contribution < 1.29 is 14.3 Å². The van der Waals surface area contributed by atoms with E-state index >= 15 is 0 Å². The van der Waals surface area contributed by atoms with Gasteiger partial charge in [0.2, 0.25) is 5.91 Å². The number of likely N-dealkylation sites (tertiary alicyclic amines) is 1. The number of benzene rings is 1. The van der Waals surface area contributed by atoms with E-state index in [-0.39, 0.29) is 12.5 Å². The van der Waals surface area contributed by atoms with Crippen LogP contribution in [0.4, 0.5) is 0 Å². The van der Waals surface area contributed by atoms with Gasteiger partial charge in [0, 0.05) is 63.4 Å². The summed E-state index contributed by atoms with van der Waals surface area (Å²) in [5.41, 5.74) is 2.57. The number of nitrogens with zero attached hydrogens (tertiary/aromatic N) is 2. The molecule has 6 heteroatoms. The molecule has 1 aromatic carbocycles. The van der Waals surface area contributed by atoms with Gasteiger partial charge in [-0.3, -0.25) is 9.69 Å². The second-order valence-electron chi connectivity index (χ2n) is 7.98. The minimum absolute atomic E-state index is 0.0153. The molecule has 0 spiro atoms. The number of carbonyl (C=O) groups is 1. The first-order valence-electron chi connectivity index (χ1n) is 9.78. The lowest BCUT2D eigenvalue weighted by Crippen LogP contribution is -2.27. The highest BCUT2D eigenvalue weighted by atomic mass is 16.5. The average molecular weight is 371 g/mol. The van der Waals surface area contributed by atoms with Crippen molar-refractivity contribution in [3.05, 3.63) is 36.0 Å². The molecule has 0 bridgehead atoms.